The van der Waals surface area contributed by atoms with Crippen LogP contribution in [0.3, 0.4) is 0 Å². The fraction of sp³-hybridized carbons (Fsp3) is 0.120. The normalized spacial score (nSPS) is 10.7. The Morgan fingerprint density at radius 2 is 1.57 bits per heavy atom. The van der Waals surface area contributed by atoms with Crippen LogP contribution in [0.2, 0.25) is 0 Å². The number of phenolic OH excluding ortho intramolecular Hbond substituents is 1. The standard InChI is InChI=1S/C25H22FN5O3S/c1-16-6-10-18(11-7-16)27-22(33)14-31-25(29-24(30-31)20-4-2-3-5-21(20)32)35-15-23(34)28-19-12-8-17(26)9-13-19/h2-13,32H,14-15H2,1H3,(H,27,33)(H,28,34). The highest BCUT2D eigenvalue weighted by Crippen LogP contribution is 2.28. The van der Waals surface area contributed by atoms with Gasteiger partial charge in [0.25, 0.3) is 0 Å². The largest absolute Gasteiger partial charge is 0.507 e. The molecule has 4 aromatic rings. The van der Waals surface area contributed by atoms with Crippen molar-refractivity contribution in [3.05, 3.63) is 84.2 Å². The van der Waals surface area contributed by atoms with Crippen LogP contribution < -0.4 is 10.6 Å². The summed E-state index contributed by atoms with van der Waals surface area (Å²) in [7, 11) is 0. The Bertz CT molecular complexity index is 1340. The number of hydrogen-bond acceptors (Lipinski definition) is 6. The minimum Gasteiger partial charge on any atom is -0.507 e. The molecule has 0 saturated carbocycles. The molecule has 4 rings (SSSR count). The number of benzene rings is 3. The predicted octanol–water partition coefficient (Wildman–Crippen LogP) is 4.47. The van der Waals surface area contributed by atoms with E-state index in [4.69, 9.17) is 0 Å². The third-order valence-electron chi connectivity index (χ3n) is 4.87. The number of thioether (sulfide) groups is 1. The Morgan fingerprint density at radius 1 is 0.943 bits per heavy atom. The number of hydrogen-bond donors (Lipinski definition) is 3. The number of nitrogens with zero attached hydrogens (tertiary/aromatic N) is 3. The molecule has 0 spiro atoms. The van der Waals surface area contributed by atoms with Crippen molar-refractivity contribution in [2.45, 2.75) is 18.6 Å². The molecule has 178 valence electrons. The second kappa shape index (κ2) is 10.8. The zero-order valence-corrected chi connectivity index (χ0v) is 19.6. The first kappa shape index (κ1) is 24.0. The number of halogens is 1. The van der Waals surface area contributed by atoms with Crippen LogP contribution >= 0.6 is 11.8 Å². The van der Waals surface area contributed by atoms with E-state index in [0.29, 0.717) is 22.1 Å². The van der Waals surface area contributed by atoms with Crippen LogP contribution in [0, 0.1) is 12.7 Å². The number of carbonyl (C=O) groups excluding carboxylic acids is 2. The van der Waals surface area contributed by atoms with Crippen molar-refractivity contribution in [2.24, 2.45) is 0 Å². The summed E-state index contributed by atoms with van der Waals surface area (Å²) in [6.45, 7) is 1.81. The van der Waals surface area contributed by atoms with E-state index < -0.39 is 5.82 Å². The number of aryl methyl sites for hydroxylation is 1. The zero-order valence-electron chi connectivity index (χ0n) is 18.7. The molecule has 0 aliphatic rings. The Kier molecular flexibility index (Phi) is 7.41. The first-order valence-electron chi connectivity index (χ1n) is 10.7. The molecule has 3 aromatic carbocycles. The van der Waals surface area contributed by atoms with E-state index in [0.717, 1.165) is 17.3 Å². The molecule has 2 amide bonds. The van der Waals surface area contributed by atoms with Gasteiger partial charge in [-0.1, -0.05) is 41.6 Å². The van der Waals surface area contributed by atoms with Crippen molar-refractivity contribution in [1.29, 1.82) is 0 Å². The van der Waals surface area contributed by atoms with Crippen LogP contribution in [0.4, 0.5) is 15.8 Å². The molecule has 0 unspecified atom stereocenters. The maximum absolute atomic E-state index is 13.1. The minimum atomic E-state index is -0.397. The molecular formula is C25H22FN5O3S. The van der Waals surface area contributed by atoms with Crippen molar-refractivity contribution >= 4 is 35.0 Å². The number of carbonyl (C=O) groups is 2. The van der Waals surface area contributed by atoms with Crippen LogP contribution in [-0.2, 0) is 16.1 Å². The van der Waals surface area contributed by atoms with Gasteiger partial charge in [0.15, 0.2) is 11.0 Å². The summed E-state index contributed by atoms with van der Waals surface area (Å²) in [5.41, 5.74) is 2.59. The number of phenols is 1. The van der Waals surface area contributed by atoms with E-state index in [-0.39, 0.29) is 35.7 Å². The monoisotopic (exact) mass is 491 g/mol. The lowest BCUT2D eigenvalue weighted by molar-refractivity contribution is -0.117. The molecule has 1 aromatic heterocycles. The van der Waals surface area contributed by atoms with Gasteiger partial charge in [-0.15, -0.1) is 5.10 Å². The number of aromatic nitrogens is 3. The molecule has 0 aliphatic carbocycles. The van der Waals surface area contributed by atoms with Crippen molar-refractivity contribution in [3.8, 4) is 17.1 Å². The van der Waals surface area contributed by atoms with Crippen LogP contribution in [0.25, 0.3) is 11.4 Å². The molecule has 0 saturated heterocycles. The van der Waals surface area contributed by atoms with Gasteiger partial charge >= 0.3 is 0 Å². The van der Waals surface area contributed by atoms with E-state index in [1.165, 1.54) is 35.0 Å². The maximum atomic E-state index is 13.1. The number of para-hydroxylation sites is 1. The Labute approximate surface area is 205 Å². The fourth-order valence-electron chi connectivity index (χ4n) is 3.15. The molecule has 8 nitrogen and oxygen atoms in total. The zero-order chi connectivity index (χ0) is 24.8. The molecule has 0 fully saturated rings. The van der Waals surface area contributed by atoms with Crippen molar-refractivity contribution in [3.63, 3.8) is 0 Å². The van der Waals surface area contributed by atoms with E-state index in [1.807, 2.05) is 19.1 Å². The maximum Gasteiger partial charge on any atom is 0.246 e. The topological polar surface area (TPSA) is 109 Å². The van der Waals surface area contributed by atoms with Crippen LogP contribution in [0.1, 0.15) is 5.56 Å². The van der Waals surface area contributed by atoms with E-state index in [1.54, 1.807) is 30.3 Å². The molecule has 0 aliphatic heterocycles. The van der Waals surface area contributed by atoms with Gasteiger partial charge in [-0.2, -0.15) is 0 Å². The Hall–Kier alpha value is -4.18. The van der Waals surface area contributed by atoms with Gasteiger partial charge in [-0.3, -0.25) is 9.59 Å². The fourth-order valence-corrected chi connectivity index (χ4v) is 3.89. The van der Waals surface area contributed by atoms with Gasteiger partial charge in [0, 0.05) is 11.4 Å². The molecular weight excluding hydrogens is 469 g/mol. The summed E-state index contributed by atoms with van der Waals surface area (Å²) >= 11 is 1.09. The first-order valence-corrected chi connectivity index (χ1v) is 11.6. The molecule has 35 heavy (non-hydrogen) atoms. The van der Waals surface area contributed by atoms with Gasteiger partial charge in [-0.25, -0.2) is 14.1 Å². The van der Waals surface area contributed by atoms with Crippen LogP contribution in [0.15, 0.2) is 78.0 Å². The van der Waals surface area contributed by atoms with Crippen LogP contribution in [-0.4, -0.2) is 37.4 Å². The third-order valence-corrected chi connectivity index (χ3v) is 5.84. The van der Waals surface area contributed by atoms with Crippen LogP contribution in [0.5, 0.6) is 5.75 Å². The SMILES string of the molecule is Cc1ccc(NC(=O)Cn2nc(-c3ccccc3O)nc2SCC(=O)Nc2ccc(F)cc2)cc1. The van der Waals surface area contributed by atoms with Gasteiger partial charge in [0.1, 0.15) is 18.1 Å². The average Bonchev–Trinajstić information content (AvgIpc) is 3.23. The summed E-state index contributed by atoms with van der Waals surface area (Å²) in [6.07, 6.45) is 0. The highest BCUT2D eigenvalue weighted by molar-refractivity contribution is 7.99. The van der Waals surface area contributed by atoms with Gasteiger partial charge in [0.05, 0.1) is 11.3 Å². The Balaban J connectivity index is 1.50. The molecule has 3 N–H and O–H groups in total. The smallest absolute Gasteiger partial charge is 0.246 e. The summed E-state index contributed by atoms with van der Waals surface area (Å²) < 4.78 is 14.5. The van der Waals surface area contributed by atoms with Crippen molar-refractivity contribution in [2.75, 3.05) is 16.4 Å². The summed E-state index contributed by atoms with van der Waals surface area (Å²) in [5.74, 6) is -0.835. The lowest BCUT2D eigenvalue weighted by Crippen LogP contribution is -2.20. The molecule has 0 bridgehead atoms. The number of rotatable bonds is 8. The third kappa shape index (κ3) is 6.45. The number of nitrogens with one attached hydrogen (secondary N) is 2. The van der Waals surface area contributed by atoms with E-state index >= 15 is 0 Å². The van der Waals surface area contributed by atoms with Crippen molar-refractivity contribution < 1.29 is 19.1 Å². The van der Waals surface area contributed by atoms with E-state index in [2.05, 4.69) is 20.7 Å². The summed E-state index contributed by atoms with van der Waals surface area (Å²) in [4.78, 5) is 29.5. The molecule has 1 heterocycles. The number of aromatic hydroxyl groups is 1. The van der Waals surface area contributed by atoms with Gasteiger partial charge in [-0.05, 0) is 55.5 Å². The number of amides is 2. The average molecular weight is 492 g/mol. The highest BCUT2D eigenvalue weighted by atomic mass is 32.2. The Morgan fingerprint density at radius 3 is 2.26 bits per heavy atom. The summed E-state index contributed by atoms with van der Waals surface area (Å²) in [5, 5.41) is 20.4. The second-order valence-electron chi connectivity index (χ2n) is 7.65. The van der Waals surface area contributed by atoms with Crippen molar-refractivity contribution in [1.82, 2.24) is 14.8 Å². The minimum absolute atomic E-state index is 0.000593. The van der Waals surface area contributed by atoms with Gasteiger partial charge < -0.3 is 15.7 Å². The first-order chi connectivity index (χ1) is 16.9. The highest BCUT2D eigenvalue weighted by Gasteiger charge is 2.18. The van der Waals surface area contributed by atoms with Gasteiger partial charge in [0.2, 0.25) is 11.8 Å². The lowest BCUT2D eigenvalue weighted by atomic mass is 10.2. The predicted molar refractivity (Wildman–Crippen MR) is 133 cm³/mol. The molecule has 0 radical (unpaired) electrons. The van der Waals surface area contributed by atoms with E-state index in [9.17, 15) is 19.1 Å². The molecule has 10 heteroatoms. The molecule has 0 atom stereocenters. The second-order valence-corrected chi connectivity index (χ2v) is 8.59. The number of anilines is 2. The lowest BCUT2D eigenvalue weighted by Gasteiger charge is -2.08. The quantitative estimate of drug-likeness (QED) is 0.314. The summed E-state index contributed by atoms with van der Waals surface area (Å²) in [6, 6.07) is 19.4.